The molecule has 0 radical (unpaired) electrons. The van der Waals surface area contributed by atoms with Crippen molar-refractivity contribution in [3.05, 3.63) is 267 Å². The molecule has 324 valence electrons. The zero-order valence-electron chi connectivity index (χ0n) is 38.4. The van der Waals surface area contributed by atoms with Gasteiger partial charge in [0.1, 0.15) is 0 Å². The average molecular weight is 885 g/mol. The first-order valence-electron chi connectivity index (χ1n) is 24.3. The first kappa shape index (κ1) is 40.0. The normalized spacial score (nSPS) is 11.7. The van der Waals surface area contributed by atoms with E-state index in [0.717, 1.165) is 0 Å². The summed E-state index contributed by atoms with van der Waals surface area (Å²) in [6.07, 6.45) is 0. The number of fused-ring (bicyclic) bond motifs is 7. The van der Waals surface area contributed by atoms with Crippen LogP contribution in [0.5, 0.6) is 0 Å². The summed E-state index contributed by atoms with van der Waals surface area (Å²) in [5.74, 6) is 0. The van der Waals surface area contributed by atoms with Crippen molar-refractivity contribution in [2.24, 2.45) is 0 Å². The lowest BCUT2D eigenvalue weighted by Gasteiger charge is -2.19. The minimum Gasteiger partial charge on any atom is -0.0616 e. The standard InChI is InChI=1S/C70H44/c1-5-23-53-45(15-1)19-9-27-59(53)65-33-13-31-63-57(39-41-67(69(63)65)61-29-11-21-47-17-3-7-25-55(47)61)51-37-35-50-44-52(38-36-49(50)43-51)58-40-42-68(62-30-12-22-48-18-4-8-26-56(48)62)70-64(58)32-14-34-66(70)60-28-10-20-46-16-2-6-24-54(46)60/h1-44H. The maximum atomic E-state index is 2.39. The van der Waals surface area contributed by atoms with Crippen molar-refractivity contribution in [3.8, 4) is 66.8 Å². The molecule has 0 nitrogen and oxygen atoms in total. The van der Waals surface area contributed by atoms with E-state index in [2.05, 4.69) is 267 Å². The molecule has 14 aromatic rings. The van der Waals surface area contributed by atoms with Gasteiger partial charge in [-0.25, -0.2) is 0 Å². The zero-order chi connectivity index (χ0) is 46.1. The lowest BCUT2D eigenvalue weighted by atomic mass is 9.84. The van der Waals surface area contributed by atoms with Crippen LogP contribution < -0.4 is 0 Å². The Kier molecular flexibility index (Phi) is 9.32. The van der Waals surface area contributed by atoms with Gasteiger partial charge in [0.15, 0.2) is 0 Å². The van der Waals surface area contributed by atoms with Gasteiger partial charge in [-0.3, -0.25) is 0 Å². The van der Waals surface area contributed by atoms with Gasteiger partial charge in [0.05, 0.1) is 0 Å². The van der Waals surface area contributed by atoms with Crippen molar-refractivity contribution in [1.29, 1.82) is 0 Å². The molecular weight excluding hydrogens is 841 g/mol. The summed E-state index contributed by atoms with van der Waals surface area (Å²) < 4.78 is 0. The summed E-state index contributed by atoms with van der Waals surface area (Å²) in [5, 5.41) is 17.5. The van der Waals surface area contributed by atoms with E-state index in [1.165, 1.54) is 142 Å². The highest BCUT2D eigenvalue weighted by atomic mass is 14.2. The van der Waals surface area contributed by atoms with Crippen LogP contribution in [0.1, 0.15) is 0 Å². The van der Waals surface area contributed by atoms with E-state index in [-0.39, 0.29) is 0 Å². The van der Waals surface area contributed by atoms with E-state index in [4.69, 9.17) is 0 Å². The van der Waals surface area contributed by atoms with Gasteiger partial charge in [-0.15, -0.1) is 0 Å². The van der Waals surface area contributed by atoms with Crippen molar-refractivity contribution < 1.29 is 0 Å². The number of rotatable bonds is 6. The van der Waals surface area contributed by atoms with Gasteiger partial charge in [-0.2, -0.15) is 0 Å². The molecule has 0 saturated heterocycles. The Morgan fingerprint density at radius 2 is 0.400 bits per heavy atom. The van der Waals surface area contributed by atoms with Crippen LogP contribution in [-0.2, 0) is 0 Å². The Morgan fingerprint density at radius 3 is 0.757 bits per heavy atom. The fourth-order valence-electron chi connectivity index (χ4n) is 11.6. The van der Waals surface area contributed by atoms with Crippen LogP contribution in [0.15, 0.2) is 267 Å². The third kappa shape index (κ3) is 6.45. The number of hydrogen-bond donors (Lipinski definition) is 0. The molecule has 0 unspecified atom stereocenters. The van der Waals surface area contributed by atoms with E-state index < -0.39 is 0 Å². The molecule has 0 spiro atoms. The van der Waals surface area contributed by atoms with Gasteiger partial charge >= 0.3 is 0 Å². The smallest absolute Gasteiger partial charge is 0.00201 e. The zero-order valence-corrected chi connectivity index (χ0v) is 38.4. The highest BCUT2D eigenvalue weighted by molar-refractivity contribution is 6.19. The molecule has 0 atom stereocenters. The summed E-state index contributed by atoms with van der Waals surface area (Å²) in [5.41, 5.74) is 14.8. The van der Waals surface area contributed by atoms with Crippen LogP contribution in [0, 0.1) is 0 Å². The maximum Gasteiger partial charge on any atom is -0.00201 e. The van der Waals surface area contributed by atoms with Crippen molar-refractivity contribution >= 4 is 75.4 Å². The van der Waals surface area contributed by atoms with Gasteiger partial charge in [-0.1, -0.05) is 255 Å². The first-order valence-corrected chi connectivity index (χ1v) is 24.3. The van der Waals surface area contributed by atoms with Gasteiger partial charge in [0, 0.05) is 0 Å². The molecule has 0 heterocycles. The minimum atomic E-state index is 1.20. The summed E-state index contributed by atoms with van der Waals surface area (Å²) in [4.78, 5) is 0. The van der Waals surface area contributed by atoms with E-state index in [9.17, 15) is 0 Å². The molecule has 0 aromatic heterocycles. The second kappa shape index (κ2) is 16.3. The highest BCUT2D eigenvalue weighted by Gasteiger charge is 2.20. The second-order valence-electron chi connectivity index (χ2n) is 18.7. The summed E-state index contributed by atoms with van der Waals surface area (Å²) in [7, 11) is 0. The Morgan fingerprint density at radius 1 is 0.143 bits per heavy atom. The molecular formula is C70H44. The molecule has 14 rings (SSSR count). The topological polar surface area (TPSA) is 0 Å². The van der Waals surface area contributed by atoms with Crippen LogP contribution in [0.3, 0.4) is 0 Å². The molecule has 0 fully saturated rings. The van der Waals surface area contributed by atoms with Gasteiger partial charge in [0.2, 0.25) is 0 Å². The lowest BCUT2D eigenvalue weighted by molar-refractivity contribution is 1.63. The quantitative estimate of drug-likeness (QED) is 0.156. The molecule has 0 saturated carbocycles. The van der Waals surface area contributed by atoms with Crippen molar-refractivity contribution in [3.63, 3.8) is 0 Å². The van der Waals surface area contributed by atoms with Gasteiger partial charge < -0.3 is 0 Å². The Balaban J connectivity index is 0.944. The first-order chi connectivity index (χ1) is 34.7. The Labute approximate surface area is 407 Å². The molecule has 0 amide bonds. The van der Waals surface area contributed by atoms with Crippen LogP contribution >= 0.6 is 0 Å². The molecule has 70 heavy (non-hydrogen) atoms. The van der Waals surface area contributed by atoms with Crippen molar-refractivity contribution in [2.75, 3.05) is 0 Å². The molecule has 0 aliphatic heterocycles. The highest BCUT2D eigenvalue weighted by Crippen LogP contribution is 2.47. The molecule has 0 bridgehead atoms. The number of hydrogen-bond acceptors (Lipinski definition) is 0. The van der Waals surface area contributed by atoms with Crippen LogP contribution in [0.25, 0.3) is 142 Å². The van der Waals surface area contributed by atoms with E-state index >= 15 is 0 Å². The molecule has 0 aliphatic rings. The van der Waals surface area contributed by atoms with E-state index in [1.54, 1.807) is 0 Å². The SMILES string of the molecule is c1ccc2c(-c3cccc4c(-c5ccc6cc(-c7ccc(-c8cccc9ccccc89)c8c(-c9cccc%10ccccc9%10)cccc78)ccc6c5)ccc(-c5cccc6ccccc56)c34)cccc2c1. The maximum absolute atomic E-state index is 2.39. The molecule has 0 aliphatic carbocycles. The molecule has 14 aromatic carbocycles. The van der Waals surface area contributed by atoms with Gasteiger partial charge in [0.25, 0.3) is 0 Å². The summed E-state index contributed by atoms with van der Waals surface area (Å²) >= 11 is 0. The van der Waals surface area contributed by atoms with Crippen LogP contribution in [0.2, 0.25) is 0 Å². The van der Waals surface area contributed by atoms with Crippen LogP contribution in [0.4, 0.5) is 0 Å². The predicted octanol–water partition coefficient (Wildman–Crippen LogP) is 19.8. The third-order valence-electron chi connectivity index (χ3n) is 14.9. The molecule has 0 N–H and O–H groups in total. The third-order valence-corrected chi connectivity index (χ3v) is 14.9. The Bertz CT molecular complexity index is 3940. The van der Waals surface area contributed by atoms with Crippen molar-refractivity contribution in [1.82, 2.24) is 0 Å². The van der Waals surface area contributed by atoms with Crippen molar-refractivity contribution in [2.45, 2.75) is 0 Å². The second-order valence-corrected chi connectivity index (χ2v) is 18.7. The fraction of sp³-hybridized carbons (Fsp3) is 0. The van der Waals surface area contributed by atoms with Gasteiger partial charge in [-0.05, 0) is 154 Å². The monoisotopic (exact) mass is 884 g/mol. The fourth-order valence-corrected chi connectivity index (χ4v) is 11.6. The van der Waals surface area contributed by atoms with E-state index in [1.807, 2.05) is 0 Å². The predicted molar refractivity (Wildman–Crippen MR) is 302 cm³/mol. The molecule has 0 heteroatoms. The lowest BCUT2D eigenvalue weighted by Crippen LogP contribution is -1.92. The average Bonchev–Trinajstić information content (AvgIpc) is 3.43. The Hall–Kier alpha value is -9.10. The van der Waals surface area contributed by atoms with E-state index in [0.29, 0.717) is 0 Å². The number of benzene rings is 14. The summed E-state index contributed by atoms with van der Waals surface area (Å²) in [6.45, 7) is 0. The van der Waals surface area contributed by atoms with Crippen LogP contribution in [-0.4, -0.2) is 0 Å². The minimum absolute atomic E-state index is 1.20. The largest absolute Gasteiger partial charge is 0.0616 e. The summed E-state index contributed by atoms with van der Waals surface area (Å²) in [6, 6.07) is 99.1.